The van der Waals surface area contributed by atoms with Gasteiger partial charge in [-0.2, -0.15) is 4.31 Å². The molecule has 0 spiro atoms. The fraction of sp³-hybridized carbons (Fsp3) is 0.316. The molecule has 0 fully saturated rings. The maximum atomic E-state index is 12.3. The van der Waals surface area contributed by atoms with Crippen molar-refractivity contribution in [1.29, 1.82) is 0 Å². The zero-order valence-electron chi connectivity index (χ0n) is 15.6. The van der Waals surface area contributed by atoms with Gasteiger partial charge < -0.3 is 14.8 Å². The molecule has 1 amide bonds. The summed E-state index contributed by atoms with van der Waals surface area (Å²) in [6.45, 7) is -0.0880. The molecule has 0 aliphatic carbocycles. The van der Waals surface area contributed by atoms with E-state index < -0.39 is 15.9 Å². The number of para-hydroxylation sites is 1. The van der Waals surface area contributed by atoms with Gasteiger partial charge in [-0.05, 0) is 42.3 Å². The molecular weight excluding hydrogens is 368 g/mol. The van der Waals surface area contributed by atoms with Crippen molar-refractivity contribution in [2.24, 2.45) is 0 Å². The second kappa shape index (κ2) is 9.38. The van der Waals surface area contributed by atoms with Crippen LogP contribution in [0, 0.1) is 0 Å². The summed E-state index contributed by atoms with van der Waals surface area (Å²) in [5.74, 6) is 0.946. The highest BCUT2D eigenvalue weighted by atomic mass is 32.2. The SMILES string of the molecule is COc1ccc(NC(=O)CN(CCc2ccccc2OC)S(C)(=O)=O)cc1. The van der Waals surface area contributed by atoms with Gasteiger partial charge in [0.1, 0.15) is 11.5 Å². The molecule has 0 unspecified atom stereocenters. The van der Waals surface area contributed by atoms with Gasteiger partial charge >= 0.3 is 0 Å². The first-order valence-electron chi connectivity index (χ1n) is 8.34. The highest BCUT2D eigenvalue weighted by Crippen LogP contribution is 2.19. The molecule has 2 aromatic rings. The summed E-state index contributed by atoms with van der Waals surface area (Å²) in [5, 5.41) is 2.69. The third kappa shape index (κ3) is 6.26. The minimum absolute atomic E-state index is 0.176. The quantitative estimate of drug-likeness (QED) is 0.707. The van der Waals surface area contributed by atoms with E-state index in [0.717, 1.165) is 16.1 Å². The fourth-order valence-corrected chi connectivity index (χ4v) is 3.33. The maximum absolute atomic E-state index is 12.3. The van der Waals surface area contributed by atoms with Crippen molar-refractivity contribution in [3.63, 3.8) is 0 Å². The predicted molar refractivity (Wildman–Crippen MR) is 105 cm³/mol. The molecule has 0 aliphatic rings. The van der Waals surface area contributed by atoms with Crippen LogP contribution in [0.5, 0.6) is 11.5 Å². The van der Waals surface area contributed by atoms with E-state index in [9.17, 15) is 13.2 Å². The predicted octanol–water partition coefficient (Wildman–Crippen LogP) is 2.15. The summed E-state index contributed by atoms with van der Waals surface area (Å²) in [6.07, 6.45) is 1.53. The Bertz CT molecular complexity index is 866. The number of sulfonamides is 1. The molecule has 1 N–H and O–H groups in total. The molecule has 2 aromatic carbocycles. The van der Waals surface area contributed by atoms with Crippen molar-refractivity contribution in [2.75, 3.05) is 38.9 Å². The van der Waals surface area contributed by atoms with Gasteiger partial charge in [-0.3, -0.25) is 4.79 Å². The second-order valence-electron chi connectivity index (χ2n) is 5.94. The van der Waals surface area contributed by atoms with Crippen LogP contribution in [0.4, 0.5) is 5.69 Å². The number of carbonyl (C=O) groups is 1. The van der Waals surface area contributed by atoms with Crippen molar-refractivity contribution in [3.05, 3.63) is 54.1 Å². The van der Waals surface area contributed by atoms with Gasteiger partial charge in [0, 0.05) is 12.2 Å². The van der Waals surface area contributed by atoms with E-state index in [-0.39, 0.29) is 13.1 Å². The minimum Gasteiger partial charge on any atom is -0.497 e. The van der Waals surface area contributed by atoms with Crippen molar-refractivity contribution < 1.29 is 22.7 Å². The van der Waals surface area contributed by atoms with E-state index in [1.54, 1.807) is 38.5 Å². The average Bonchev–Trinajstić information content (AvgIpc) is 2.65. The van der Waals surface area contributed by atoms with E-state index in [4.69, 9.17) is 9.47 Å². The Hall–Kier alpha value is -2.58. The molecule has 0 atom stereocenters. The number of amides is 1. The zero-order chi connectivity index (χ0) is 19.9. The molecule has 27 heavy (non-hydrogen) atoms. The summed E-state index contributed by atoms with van der Waals surface area (Å²) in [6, 6.07) is 14.2. The van der Waals surface area contributed by atoms with Gasteiger partial charge in [0.15, 0.2) is 0 Å². The second-order valence-corrected chi connectivity index (χ2v) is 7.92. The maximum Gasteiger partial charge on any atom is 0.239 e. The summed E-state index contributed by atoms with van der Waals surface area (Å²) in [4.78, 5) is 12.3. The van der Waals surface area contributed by atoms with E-state index in [0.29, 0.717) is 23.6 Å². The molecule has 0 aromatic heterocycles. The zero-order valence-corrected chi connectivity index (χ0v) is 16.5. The highest BCUT2D eigenvalue weighted by molar-refractivity contribution is 7.88. The summed E-state index contributed by atoms with van der Waals surface area (Å²) < 4.78 is 35.7. The van der Waals surface area contributed by atoms with Gasteiger partial charge in [0.25, 0.3) is 0 Å². The average molecular weight is 392 g/mol. The number of methoxy groups -OCH3 is 2. The van der Waals surface area contributed by atoms with Crippen LogP contribution in [0.25, 0.3) is 0 Å². The van der Waals surface area contributed by atoms with Gasteiger partial charge in [-0.15, -0.1) is 0 Å². The number of nitrogens with one attached hydrogen (secondary N) is 1. The lowest BCUT2D eigenvalue weighted by molar-refractivity contribution is -0.116. The van der Waals surface area contributed by atoms with Crippen LogP contribution in [0.15, 0.2) is 48.5 Å². The Morgan fingerprint density at radius 2 is 1.70 bits per heavy atom. The lowest BCUT2D eigenvalue weighted by atomic mass is 10.1. The first-order chi connectivity index (χ1) is 12.8. The van der Waals surface area contributed by atoms with Crippen LogP contribution in [0.3, 0.4) is 0 Å². The Kier molecular flexibility index (Phi) is 7.20. The van der Waals surface area contributed by atoms with Gasteiger partial charge in [0.2, 0.25) is 15.9 Å². The van der Waals surface area contributed by atoms with E-state index in [2.05, 4.69) is 5.32 Å². The smallest absolute Gasteiger partial charge is 0.239 e. The van der Waals surface area contributed by atoms with Gasteiger partial charge in [0.05, 0.1) is 27.0 Å². The summed E-state index contributed by atoms with van der Waals surface area (Å²) in [5.41, 5.74) is 1.45. The number of anilines is 1. The first kappa shape index (κ1) is 20.7. The molecule has 7 nitrogen and oxygen atoms in total. The third-order valence-electron chi connectivity index (χ3n) is 3.99. The largest absolute Gasteiger partial charge is 0.497 e. The molecule has 0 bridgehead atoms. The van der Waals surface area contributed by atoms with Gasteiger partial charge in [-0.25, -0.2) is 8.42 Å². The number of ether oxygens (including phenoxy) is 2. The molecule has 0 aliphatic heterocycles. The summed E-state index contributed by atoms with van der Waals surface area (Å²) in [7, 11) is -0.421. The van der Waals surface area contributed by atoms with Crippen LogP contribution in [-0.4, -0.2) is 52.2 Å². The lowest BCUT2D eigenvalue weighted by Crippen LogP contribution is -2.38. The van der Waals surface area contributed by atoms with Gasteiger partial charge in [-0.1, -0.05) is 18.2 Å². The molecule has 2 rings (SSSR count). The molecule has 0 radical (unpaired) electrons. The van der Waals surface area contributed by atoms with Crippen LogP contribution in [-0.2, 0) is 21.2 Å². The number of benzene rings is 2. The Morgan fingerprint density at radius 3 is 2.30 bits per heavy atom. The molecule has 146 valence electrons. The van der Waals surface area contributed by atoms with E-state index in [1.807, 2.05) is 24.3 Å². The molecule has 0 saturated heterocycles. The first-order valence-corrected chi connectivity index (χ1v) is 10.2. The number of hydrogen-bond acceptors (Lipinski definition) is 5. The van der Waals surface area contributed by atoms with Crippen molar-refractivity contribution in [3.8, 4) is 11.5 Å². The Balaban J connectivity index is 2.02. The normalized spacial score (nSPS) is 11.3. The molecule has 0 heterocycles. The number of rotatable bonds is 9. The molecular formula is C19H24N2O5S. The van der Waals surface area contributed by atoms with E-state index >= 15 is 0 Å². The number of hydrogen-bond donors (Lipinski definition) is 1. The Labute approximate surface area is 160 Å². The monoisotopic (exact) mass is 392 g/mol. The highest BCUT2D eigenvalue weighted by Gasteiger charge is 2.20. The Morgan fingerprint density at radius 1 is 1.04 bits per heavy atom. The van der Waals surface area contributed by atoms with Crippen LogP contribution in [0.1, 0.15) is 5.56 Å². The van der Waals surface area contributed by atoms with Crippen molar-refractivity contribution >= 4 is 21.6 Å². The van der Waals surface area contributed by atoms with Crippen LogP contribution in [0.2, 0.25) is 0 Å². The van der Waals surface area contributed by atoms with Crippen LogP contribution >= 0.6 is 0 Å². The van der Waals surface area contributed by atoms with Crippen LogP contribution < -0.4 is 14.8 Å². The number of nitrogens with zero attached hydrogens (tertiary/aromatic N) is 1. The number of carbonyl (C=O) groups excluding carboxylic acids is 1. The standard InChI is InChI=1S/C19H24N2O5S/c1-25-17-10-8-16(9-11-17)20-19(22)14-21(27(3,23)24)13-12-15-6-4-5-7-18(15)26-2/h4-11H,12-14H2,1-3H3,(H,20,22). The van der Waals surface area contributed by atoms with Crippen molar-refractivity contribution in [1.82, 2.24) is 4.31 Å². The topological polar surface area (TPSA) is 84.9 Å². The summed E-state index contributed by atoms with van der Waals surface area (Å²) >= 11 is 0. The molecule has 8 heteroatoms. The fourth-order valence-electron chi connectivity index (χ4n) is 2.55. The third-order valence-corrected chi connectivity index (χ3v) is 5.24. The minimum atomic E-state index is -3.54. The lowest BCUT2D eigenvalue weighted by Gasteiger charge is -2.20. The molecule has 0 saturated carbocycles. The van der Waals surface area contributed by atoms with Crippen molar-refractivity contribution in [2.45, 2.75) is 6.42 Å². The van der Waals surface area contributed by atoms with E-state index in [1.165, 1.54) is 0 Å².